The third-order valence-electron chi connectivity index (χ3n) is 7.87. The largest absolute Gasteiger partial charge is 0.489 e. The first-order valence-electron chi connectivity index (χ1n) is 13.6. The SMILES string of the molecule is CC1CCC(C(=O)N(c2cc(C(C)(C)C)sc2C(=O)O)N(C)[C@H]2CC[C@H](Oc3cccnc3)CC2)CC1. The predicted molar refractivity (Wildman–Crippen MR) is 147 cm³/mol. The van der Waals surface area contributed by atoms with E-state index in [1.165, 1.54) is 11.3 Å². The van der Waals surface area contributed by atoms with Crippen molar-refractivity contribution in [1.29, 1.82) is 0 Å². The number of carboxylic acid groups (broad SMARTS) is 1. The van der Waals surface area contributed by atoms with E-state index in [-0.39, 0.29) is 34.3 Å². The molecular formula is C29H41N3O4S. The second-order valence-corrected chi connectivity index (χ2v) is 12.8. The van der Waals surface area contributed by atoms with Gasteiger partial charge in [-0.3, -0.25) is 9.78 Å². The van der Waals surface area contributed by atoms with Crippen LogP contribution >= 0.6 is 11.3 Å². The summed E-state index contributed by atoms with van der Waals surface area (Å²) in [7, 11) is 1.95. The number of carboxylic acids is 1. The van der Waals surface area contributed by atoms with E-state index in [4.69, 9.17) is 4.74 Å². The molecule has 8 heteroatoms. The van der Waals surface area contributed by atoms with Crippen molar-refractivity contribution in [1.82, 2.24) is 9.99 Å². The van der Waals surface area contributed by atoms with E-state index < -0.39 is 5.97 Å². The number of hydrogen-bond acceptors (Lipinski definition) is 6. The lowest BCUT2D eigenvalue weighted by atomic mass is 9.82. The van der Waals surface area contributed by atoms with Gasteiger partial charge in [-0.1, -0.05) is 27.7 Å². The highest BCUT2D eigenvalue weighted by Crippen LogP contribution is 2.41. The van der Waals surface area contributed by atoms with Crippen LogP contribution in [-0.2, 0) is 10.2 Å². The number of carbonyl (C=O) groups is 2. The van der Waals surface area contributed by atoms with Gasteiger partial charge in [-0.2, -0.15) is 0 Å². The van der Waals surface area contributed by atoms with Gasteiger partial charge in [0.15, 0.2) is 0 Å². The maximum absolute atomic E-state index is 14.1. The predicted octanol–water partition coefficient (Wildman–Crippen LogP) is 6.54. The number of ether oxygens (including phenoxy) is 1. The molecule has 2 aromatic heterocycles. The van der Waals surface area contributed by atoms with Crippen LogP contribution in [0.2, 0.25) is 0 Å². The Morgan fingerprint density at radius 3 is 2.32 bits per heavy atom. The molecule has 2 aliphatic rings. The van der Waals surface area contributed by atoms with Crippen molar-refractivity contribution in [2.24, 2.45) is 11.8 Å². The average molecular weight is 528 g/mol. The van der Waals surface area contributed by atoms with Crippen LogP contribution in [0.5, 0.6) is 5.75 Å². The number of hydrogen-bond donors (Lipinski definition) is 1. The summed E-state index contributed by atoms with van der Waals surface area (Å²) in [5.74, 6) is 0.384. The zero-order chi connectivity index (χ0) is 26.7. The Balaban J connectivity index is 1.58. The first-order chi connectivity index (χ1) is 17.5. The first kappa shape index (κ1) is 27.6. The molecule has 2 fully saturated rings. The second-order valence-electron chi connectivity index (χ2n) is 11.8. The van der Waals surface area contributed by atoms with E-state index in [1.54, 1.807) is 17.4 Å². The highest BCUT2D eigenvalue weighted by Gasteiger charge is 2.38. The third-order valence-corrected chi connectivity index (χ3v) is 9.41. The van der Waals surface area contributed by atoms with Gasteiger partial charge in [-0.25, -0.2) is 14.8 Å². The number of aromatic nitrogens is 1. The highest BCUT2D eigenvalue weighted by atomic mass is 32.1. The van der Waals surface area contributed by atoms with Crippen LogP contribution in [0.15, 0.2) is 30.6 Å². The molecule has 0 atom stereocenters. The van der Waals surface area contributed by atoms with Gasteiger partial charge in [0, 0.05) is 30.1 Å². The van der Waals surface area contributed by atoms with Gasteiger partial charge in [0.25, 0.3) is 0 Å². The number of aromatic carboxylic acids is 1. The standard InChI is InChI=1S/C29H41N3O4S/c1-19-8-10-20(11-9-19)27(33)32(24-17-25(29(2,3)4)37-26(24)28(34)35)31(5)21-12-14-22(15-13-21)36-23-7-6-16-30-18-23/h6-7,16-22H,8-15H2,1-5H3,(H,34,35)/t19?,20?,21-,22-. The van der Waals surface area contributed by atoms with Crippen molar-refractivity contribution in [2.75, 3.05) is 12.1 Å². The van der Waals surface area contributed by atoms with Crippen molar-refractivity contribution in [3.8, 4) is 5.75 Å². The number of pyridine rings is 1. The van der Waals surface area contributed by atoms with E-state index in [2.05, 4.69) is 32.7 Å². The molecule has 4 rings (SSSR count). The number of nitrogens with zero attached hydrogens (tertiary/aromatic N) is 3. The Morgan fingerprint density at radius 1 is 1.08 bits per heavy atom. The van der Waals surface area contributed by atoms with Gasteiger partial charge >= 0.3 is 5.97 Å². The number of carbonyl (C=O) groups excluding carboxylic acids is 1. The molecule has 1 amide bonds. The first-order valence-corrected chi connectivity index (χ1v) is 14.4. The summed E-state index contributed by atoms with van der Waals surface area (Å²) in [5.41, 5.74) is 0.310. The van der Waals surface area contributed by atoms with Crippen LogP contribution in [0.4, 0.5) is 5.69 Å². The molecule has 0 aliphatic heterocycles. The van der Waals surface area contributed by atoms with E-state index in [0.29, 0.717) is 11.6 Å². The van der Waals surface area contributed by atoms with Crippen LogP contribution < -0.4 is 9.75 Å². The molecule has 2 heterocycles. The van der Waals surface area contributed by atoms with E-state index in [0.717, 1.165) is 62.0 Å². The fraction of sp³-hybridized carbons (Fsp3) is 0.621. The summed E-state index contributed by atoms with van der Waals surface area (Å²) in [6.07, 6.45) is 10.8. The fourth-order valence-electron chi connectivity index (χ4n) is 5.49. The van der Waals surface area contributed by atoms with Gasteiger partial charge < -0.3 is 9.84 Å². The quantitative estimate of drug-likeness (QED) is 0.412. The summed E-state index contributed by atoms with van der Waals surface area (Å²) >= 11 is 1.29. The molecule has 0 saturated heterocycles. The number of hydrazine groups is 1. The normalized spacial score (nSPS) is 24.6. The molecule has 0 radical (unpaired) electrons. The maximum Gasteiger partial charge on any atom is 0.348 e. The number of rotatable bonds is 7. The second kappa shape index (κ2) is 11.5. The average Bonchev–Trinajstić information content (AvgIpc) is 3.32. The summed E-state index contributed by atoms with van der Waals surface area (Å²) in [4.78, 5) is 31.8. The van der Waals surface area contributed by atoms with Crippen molar-refractivity contribution in [3.05, 3.63) is 40.3 Å². The lowest BCUT2D eigenvalue weighted by Gasteiger charge is -2.42. The molecule has 2 aliphatic carbocycles. The Kier molecular flexibility index (Phi) is 8.59. The summed E-state index contributed by atoms with van der Waals surface area (Å²) < 4.78 is 6.13. The van der Waals surface area contributed by atoms with Crippen molar-refractivity contribution < 1.29 is 19.4 Å². The van der Waals surface area contributed by atoms with Gasteiger partial charge in [0.1, 0.15) is 10.6 Å². The molecule has 2 aromatic rings. The Bertz CT molecular complexity index is 1060. The molecule has 1 N–H and O–H groups in total. The van der Waals surface area contributed by atoms with Crippen molar-refractivity contribution in [2.45, 2.75) is 96.6 Å². The molecule has 0 spiro atoms. The molecule has 0 unspecified atom stereocenters. The van der Waals surface area contributed by atoms with E-state index >= 15 is 0 Å². The fourth-order valence-corrected chi connectivity index (χ4v) is 6.53. The number of thiophene rings is 1. The van der Waals surface area contributed by atoms with Gasteiger partial charge in [0.05, 0.1) is 18.0 Å². The van der Waals surface area contributed by atoms with E-state index in [1.807, 2.05) is 30.3 Å². The van der Waals surface area contributed by atoms with Crippen LogP contribution in [-0.4, -0.2) is 46.2 Å². The molecule has 0 aromatic carbocycles. The molecule has 7 nitrogen and oxygen atoms in total. The van der Waals surface area contributed by atoms with Crippen molar-refractivity contribution >= 4 is 28.9 Å². The zero-order valence-electron chi connectivity index (χ0n) is 22.8. The Hall–Kier alpha value is -2.45. The summed E-state index contributed by atoms with van der Waals surface area (Å²) in [6, 6.07) is 5.86. The van der Waals surface area contributed by atoms with Gasteiger partial charge in [0.2, 0.25) is 5.91 Å². The lowest BCUT2D eigenvalue weighted by molar-refractivity contribution is -0.127. The smallest absolute Gasteiger partial charge is 0.348 e. The molecule has 202 valence electrons. The molecule has 0 bridgehead atoms. The van der Waals surface area contributed by atoms with Gasteiger partial charge in [-0.05, 0) is 80.9 Å². The lowest BCUT2D eigenvalue weighted by Crippen LogP contribution is -2.53. The molecule has 2 saturated carbocycles. The molecule has 37 heavy (non-hydrogen) atoms. The van der Waals surface area contributed by atoms with Crippen LogP contribution in [0.3, 0.4) is 0 Å². The Morgan fingerprint density at radius 2 is 1.76 bits per heavy atom. The van der Waals surface area contributed by atoms with Crippen LogP contribution in [0.1, 0.15) is 93.6 Å². The third kappa shape index (κ3) is 6.52. The number of anilines is 1. The summed E-state index contributed by atoms with van der Waals surface area (Å²) in [5, 5.41) is 13.9. The number of amides is 1. The van der Waals surface area contributed by atoms with Crippen molar-refractivity contribution in [3.63, 3.8) is 0 Å². The minimum Gasteiger partial charge on any atom is -0.489 e. The molecular weight excluding hydrogens is 486 g/mol. The summed E-state index contributed by atoms with van der Waals surface area (Å²) in [6.45, 7) is 8.48. The highest BCUT2D eigenvalue weighted by molar-refractivity contribution is 7.14. The van der Waals surface area contributed by atoms with Crippen LogP contribution in [0.25, 0.3) is 0 Å². The topological polar surface area (TPSA) is 83.0 Å². The monoisotopic (exact) mass is 527 g/mol. The minimum atomic E-state index is -0.979. The minimum absolute atomic E-state index is 0.0314. The zero-order valence-corrected chi connectivity index (χ0v) is 23.6. The Labute approximate surface area is 224 Å². The van der Waals surface area contributed by atoms with Gasteiger partial charge in [-0.15, -0.1) is 11.3 Å². The van der Waals surface area contributed by atoms with E-state index in [9.17, 15) is 14.7 Å². The maximum atomic E-state index is 14.1. The van der Waals surface area contributed by atoms with Crippen LogP contribution in [0, 0.1) is 11.8 Å².